The number of rotatable bonds is 7. The molecule has 0 fully saturated rings. The summed E-state index contributed by atoms with van der Waals surface area (Å²) in [4.78, 5) is 0. The van der Waals surface area contributed by atoms with E-state index in [0.717, 1.165) is 18.7 Å². The molecule has 3 nitrogen and oxygen atoms in total. The molecule has 0 spiro atoms. The molecule has 0 saturated carbocycles. The molecule has 1 rings (SSSR count). The Morgan fingerprint density at radius 2 is 2.06 bits per heavy atom. The van der Waals surface area contributed by atoms with Crippen LogP contribution in [0.2, 0.25) is 0 Å². The fourth-order valence-electron chi connectivity index (χ4n) is 1.78. The first kappa shape index (κ1) is 13.0. The molecule has 0 saturated heterocycles. The van der Waals surface area contributed by atoms with E-state index in [1.54, 1.807) is 0 Å². The molecule has 90 valence electrons. The van der Waals surface area contributed by atoms with E-state index in [0.29, 0.717) is 12.6 Å². The summed E-state index contributed by atoms with van der Waals surface area (Å²) >= 11 is 0. The number of hydrogen-bond acceptors (Lipinski definition) is 3. The third-order valence-electron chi connectivity index (χ3n) is 2.50. The highest BCUT2D eigenvalue weighted by molar-refractivity contribution is 5.35. The smallest absolute Gasteiger partial charge is 0.124 e. The second-order valence-corrected chi connectivity index (χ2v) is 3.63. The summed E-state index contributed by atoms with van der Waals surface area (Å²) in [6.45, 7) is 5.58. The van der Waals surface area contributed by atoms with Gasteiger partial charge in [0.05, 0.1) is 6.61 Å². The molecule has 0 amide bonds. The Labute approximate surface area is 97.4 Å². The normalized spacial score (nSPS) is 12.4. The first-order valence-corrected chi connectivity index (χ1v) is 5.89. The van der Waals surface area contributed by atoms with Crippen LogP contribution in [-0.4, -0.2) is 24.9 Å². The van der Waals surface area contributed by atoms with Crippen LogP contribution in [0.3, 0.4) is 0 Å². The topological polar surface area (TPSA) is 41.5 Å². The van der Waals surface area contributed by atoms with Crippen molar-refractivity contribution in [3.63, 3.8) is 0 Å². The lowest BCUT2D eigenvalue weighted by atomic mass is 10.0. The van der Waals surface area contributed by atoms with Gasteiger partial charge in [0.15, 0.2) is 0 Å². The molecule has 1 aromatic rings. The van der Waals surface area contributed by atoms with Crippen LogP contribution in [0.5, 0.6) is 5.75 Å². The van der Waals surface area contributed by atoms with Crippen molar-refractivity contribution in [2.75, 3.05) is 19.8 Å². The molecule has 1 unspecified atom stereocenters. The number of para-hydroxylation sites is 1. The highest BCUT2D eigenvalue weighted by Gasteiger charge is 2.12. The summed E-state index contributed by atoms with van der Waals surface area (Å²) in [5, 5.41) is 12.2. The average Bonchev–Trinajstić information content (AvgIpc) is 2.34. The monoisotopic (exact) mass is 223 g/mol. The zero-order valence-corrected chi connectivity index (χ0v) is 10.1. The predicted octanol–water partition coefficient (Wildman–Crippen LogP) is 2.12. The Morgan fingerprint density at radius 3 is 2.69 bits per heavy atom. The van der Waals surface area contributed by atoms with Gasteiger partial charge in [-0.3, -0.25) is 0 Å². The van der Waals surface area contributed by atoms with E-state index < -0.39 is 0 Å². The van der Waals surface area contributed by atoms with Gasteiger partial charge in [-0.1, -0.05) is 32.0 Å². The van der Waals surface area contributed by atoms with Gasteiger partial charge < -0.3 is 15.2 Å². The second kappa shape index (κ2) is 7.25. The summed E-state index contributed by atoms with van der Waals surface area (Å²) in [5.41, 5.74) is 1.17. The van der Waals surface area contributed by atoms with Gasteiger partial charge in [0, 0.05) is 11.6 Å². The Morgan fingerprint density at radius 1 is 1.31 bits per heavy atom. The van der Waals surface area contributed by atoms with Gasteiger partial charge in [-0.05, 0) is 19.0 Å². The number of aliphatic hydroxyl groups excluding tert-OH is 1. The number of ether oxygens (including phenoxy) is 1. The summed E-state index contributed by atoms with van der Waals surface area (Å²) in [6, 6.07) is 8.31. The Kier molecular flexibility index (Phi) is 5.90. The van der Waals surface area contributed by atoms with Crippen molar-refractivity contribution in [1.82, 2.24) is 5.32 Å². The fourth-order valence-corrected chi connectivity index (χ4v) is 1.78. The first-order chi connectivity index (χ1) is 7.83. The van der Waals surface area contributed by atoms with E-state index in [2.05, 4.69) is 25.2 Å². The van der Waals surface area contributed by atoms with Crippen LogP contribution in [0.25, 0.3) is 0 Å². The van der Waals surface area contributed by atoms with Crippen molar-refractivity contribution in [3.05, 3.63) is 29.8 Å². The zero-order valence-electron chi connectivity index (χ0n) is 10.1. The van der Waals surface area contributed by atoms with E-state index in [1.807, 2.05) is 18.2 Å². The minimum atomic E-state index is 0.0479. The minimum Gasteiger partial charge on any atom is -0.491 e. The standard InChI is InChI=1S/C13H21NO2/c1-3-12(14-4-2)11-7-5-6-8-13(11)16-10-9-15/h5-8,12,14-15H,3-4,9-10H2,1-2H3. The molecule has 0 bridgehead atoms. The van der Waals surface area contributed by atoms with E-state index in [4.69, 9.17) is 9.84 Å². The van der Waals surface area contributed by atoms with Crippen molar-refractivity contribution >= 4 is 0 Å². The number of aliphatic hydroxyl groups is 1. The molecule has 1 aromatic carbocycles. The van der Waals surface area contributed by atoms with E-state index >= 15 is 0 Å². The molecule has 0 aromatic heterocycles. The van der Waals surface area contributed by atoms with Gasteiger partial charge >= 0.3 is 0 Å². The lowest BCUT2D eigenvalue weighted by Crippen LogP contribution is -2.21. The van der Waals surface area contributed by atoms with Crippen LogP contribution < -0.4 is 10.1 Å². The van der Waals surface area contributed by atoms with Gasteiger partial charge in [-0.25, -0.2) is 0 Å². The molecule has 2 N–H and O–H groups in total. The predicted molar refractivity (Wildman–Crippen MR) is 65.7 cm³/mol. The van der Waals surface area contributed by atoms with Crippen LogP contribution in [0, 0.1) is 0 Å². The summed E-state index contributed by atoms with van der Waals surface area (Å²) < 4.78 is 5.53. The second-order valence-electron chi connectivity index (χ2n) is 3.63. The Balaban J connectivity index is 2.82. The van der Waals surface area contributed by atoms with Crippen molar-refractivity contribution < 1.29 is 9.84 Å². The molecule has 0 aliphatic carbocycles. The van der Waals surface area contributed by atoms with Crippen LogP contribution in [0.15, 0.2) is 24.3 Å². The quantitative estimate of drug-likeness (QED) is 0.744. The van der Waals surface area contributed by atoms with E-state index in [-0.39, 0.29) is 6.61 Å². The fraction of sp³-hybridized carbons (Fsp3) is 0.538. The van der Waals surface area contributed by atoms with Crippen molar-refractivity contribution in [1.29, 1.82) is 0 Å². The van der Waals surface area contributed by atoms with Crippen molar-refractivity contribution in [3.8, 4) is 5.75 Å². The average molecular weight is 223 g/mol. The summed E-state index contributed by atoms with van der Waals surface area (Å²) in [6.07, 6.45) is 1.02. The van der Waals surface area contributed by atoms with E-state index in [9.17, 15) is 0 Å². The molecule has 1 atom stereocenters. The van der Waals surface area contributed by atoms with Gasteiger partial charge in [0.2, 0.25) is 0 Å². The summed E-state index contributed by atoms with van der Waals surface area (Å²) in [7, 11) is 0. The van der Waals surface area contributed by atoms with Crippen LogP contribution in [0.1, 0.15) is 31.9 Å². The number of hydrogen-bond donors (Lipinski definition) is 2. The molecule has 3 heteroatoms. The molecule has 0 heterocycles. The maximum Gasteiger partial charge on any atom is 0.124 e. The molecule has 0 aliphatic heterocycles. The first-order valence-electron chi connectivity index (χ1n) is 5.89. The lowest BCUT2D eigenvalue weighted by molar-refractivity contribution is 0.199. The molecule has 16 heavy (non-hydrogen) atoms. The van der Waals surface area contributed by atoms with Gasteiger partial charge in [-0.2, -0.15) is 0 Å². The molecular formula is C13H21NO2. The number of nitrogens with one attached hydrogen (secondary N) is 1. The number of benzene rings is 1. The summed E-state index contributed by atoms with van der Waals surface area (Å²) in [5.74, 6) is 0.865. The van der Waals surface area contributed by atoms with Gasteiger partial charge in [-0.15, -0.1) is 0 Å². The van der Waals surface area contributed by atoms with Crippen molar-refractivity contribution in [2.45, 2.75) is 26.3 Å². The third kappa shape index (κ3) is 3.51. The minimum absolute atomic E-state index is 0.0479. The van der Waals surface area contributed by atoms with Crippen molar-refractivity contribution in [2.24, 2.45) is 0 Å². The Bertz CT molecular complexity index is 302. The maximum atomic E-state index is 8.78. The van der Waals surface area contributed by atoms with Crippen LogP contribution >= 0.6 is 0 Å². The van der Waals surface area contributed by atoms with E-state index in [1.165, 1.54) is 5.56 Å². The maximum absolute atomic E-state index is 8.78. The van der Waals surface area contributed by atoms with Gasteiger partial charge in [0.25, 0.3) is 0 Å². The largest absolute Gasteiger partial charge is 0.491 e. The van der Waals surface area contributed by atoms with Crippen LogP contribution in [-0.2, 0) is 0 Å². The lowest BCUT2D eigenvalue weighted by Gasteiger charge is -2.19. The SMILES string of the molecule is CCNC(CC)c1ccccc1OCCO. The molecular weight excluding hydrogens is 202 g/mol. The van der Waals surface area contributed by atoms with Gasteiger partial charge in [0.1, 0.15) is 12.4 Å². The highest BCUT2D eigenvalue weighted by Crippen LogP contribution is 2.26. The third-order valence-corrected chi connectivity index (χ3v) is 2.50. The Hall–Kier alpha value is -1.06. The molecule has 0 radical (unpaired) electrons. The van der Waals surface area contributed by atoms with Crippen LogP contribution in [0.4, 0.5) is 0 Å². The zero-order chi connectivity index (χ0) is 11.8. The highest BCUT2D eigenvalue weighted by atomic mass is 16.5. The molecule has 0 aliphatic rings.